The summed E-state index contributed by atoms with van der Waals surface area (Å²) in [6, 6.07) is 8.19. The third-order valence-corrected chi connectivity index (χ3v) is 4.61. The Morgan fingerprint density at radius 3 is 2.61 bits per heavy atom. The lowest BCUT2D eigenvalue weighted by Gasteiger charge is -2.27. The van der Waals surface area contributed by atoms with Gasteiger partial charge in [-0.15, -0.1) is 24.0 Å². The summed E-state index contributed by atoms with van der Waals surface area (Å²) in [5.74, 6) is 1.18. The number of aliphatic hydroxyl groups is 1. The van der Waals surface area contributed by atoms with Gasteiger partial charge in [0.1, 0.15) is 0 Å². The molecule has 1 saturated carbocycles. The van der Waals surface area contributed by atoms with E-state index in [0.717, 1.165) is 49.4 Å². The minimum Gasteiger partial charge on any atom is -0.393 e. The molecule has 28 heavy (non-hydrogen) atoms. The Morgan fingerprint density at radius 1 is 1.25 bits per heavy atom. The number of rotatable bonds is 7. The summed E-state index contributed by atoms with van der Waals surface area (Å²) in [7, 11) is 0. The van der Waals surface area contributed by atoms with Crippen LogP contribution in [0.25, 0.3) is 0 Å². The van der Waals surface area contributed by atoms with Crippen LogP contribution >= 0.6 is 24.0 Å². The van der Waals surface area contributed by atoms with E-state index in [1.807, 2.05) is 45.0 Å². The molecule has 0 radical (unpaired) electrons. The van der Waals surface area contributed by atoms with E-state index in [-0.39, 0.29) is 36.0 Å². The molecule has 1 aromatic rings. The van der Waals surface area contributed by atoms with E-state index in [0.29, 0.717) is 24.9 Å². The second kappa shape index (κ2) is 13.0. The molecule has 0 spiro atoms. The fourth-order valence-corrected chi connectivity index (χ4v) is 3.23. The number of aliphatic hydroxyl groups excluding tert-OH is 1. The minimum absolute atomic E-state index is 0. The summed E-state index contributed by atoms with van der Waals surface area (Å²) in [6.45, 7) is 7.46. The molecule has 0 heterocycles. The van der Waals surface area contributed by atoms with Crippen LogP contribution in [-0.4, -0.2) is 35.7 Å². The third-order valence-electron chi connectivity index (χ3n) is 4.61. The predicted molar refractivity (Wildman–Crippen MR) is 126 cm³/mol. The zero-order valence-corrected chi connectivity index (χ0v) is 19.5. The molecule has 7 heteroatoms. The van der Waals surface area contributed by atoms with Gasteiger partial charge in [-0.25, -0.2) is 4.99 Å². The molecule has 0 bridgehead atoms. The molecular formula is C21H35IN4O2. The normalized spacial score (nSPS) is 19.7. The first-order chi connectivity index (χ1) is 13.0. The maximum Gasteiger partial charge on any atom is 0.224 e. The molecule has 0 saturated heterocycles. The summed E-state index contributed by atoms with van der Waals surface area (Å²) in [6.07, 6.45) is 3.97. The van der Waals surface area contributed by atoms with Crippen LogP contribution in [0.1, 0.15) is 58.4 Å². The van der Waals surface area contributed by atoms with E-state index in [1.165, 1.54) is 0 Å². The Balaban J connectivity index is 0.00000392. The van der Waals surface area contributed by atoms with E-state index < -0.39 is 0 Å². The molecule has 1 fully saturated rings. The van der Waals surface area contributed by atoms with E-state index in [2.05, 4.69) is 20.9 Å². The van der Waals surface area contributed by atoms with Gasteiger partial charge in [0.15, 0.2) is 5.96 Å². The number of aliphatic imine (C=N–C) groups is 1. The number of nitrogens with one attached hydrogen (secondary N) is 3. The Morgan fingerprint density at radius 2 is 1.96 bits per heavy atom. The van der Waals surface area contributed by atoms with Gasteiger partial charge in [-0.1, -0.05) is 26.0 Å². The molecule has 1 aliphatic carbocycles. The molecule has 158 valence electrons. The smallest absolute Gasteiger partial charge is 0.224 e. The molecule has 2 rings (SSSR count). The fraction of sp³-hybridized carbons (Fsp3) is 0.619. The van der Waals surface area contributed by atoms with Crippen molar-refractivity contribution in [1.82, 2.24) is 10.6 Å². The van der Waals surface area contributed by atoms with Crippen LogP contribution < -0.4 is 16.0 Å². The maximum atomic E-state index is 12.0. The van der Waals surface area contributed by atoms with Crippen molar-refractivity contribution in [2.45, 2.75) is 71.6 Å². The van der Waals surface area contributed by atoms with Crippen molar-refractivity contribution in [3.05, 3.63) is 29.8 Å². The molecule has 0 aromatic heterocycles. The lowest BCUT2D eigenvalue weighted by molar-refractivity contribution is -0.116. The van der Waals surface area contributed by atoms with Gasteiger partial charge in [0.2, 0.25) is 5.91 Å². The average molecular weight is 502 g/mol. The lowest BCUT2D eigenvalue weighted by Crippen LogP contribution is -2.45. The summed E-state index contributed by atoms with van der Waals surface area (Å²) in [4.78, 5) is 16.6. The number of halogens is 1. The van der Waals surface area contributed by atoms with Crippen LogP contribution in [0, 0.1) is 5.92 Å². The molecular weight excluding hydrogens is 467 g/mol. The second-order valence-corrected chi connectivity index (χ2v) is 7.69. The quantitative estimate of drug-likeness (QED) is 0.261. The Bertz CT molecular complexity index is 629. The van der Waals surface area contributed by atoms with Crippen LogP contribution in [0.4, 0.5) is 5.69 Å². The van der Waals surface area contributed by atoms with Crippen molar-refractivity contribution in [1.29, 1.82) is 0 Å². The van der Waals surface area contributed by atoms with E-state index in [4.69, 9.17) is 0 Å². The SMILES string of the molecule is CCNC(=NCc1cccc(NC(=O)CC(C)C)c1)NC1CCC(O)CC1.I. The van der Waals surface area contributed by atoms with Gasteiger partial charge in [0.05, 0.1) is 12.6 Å². The lowest BCUT2D eigenvalue weighted by atomic mass is 9.93. The number of nitrogens with zero attached hydrogens (tertiary/aromatic N) is 1. The first kappa shape index (κ1) is 24.7. The summed E-state index contributed by atoms with van der Waals surface area (Å²) >= 11 is 0. The summed E-state index contributed by atoms with van der Waals surface area (Å²) in [5.41, 5.74) is 1.86. The molecule has 6 nitrogen and oxygen atoms in total. The van der Waals surface area contributed by atoms with Crippen LogP contribution in [0.15, 0.2) is 29.3 Å². The maximum absolute atomic E-state index is 12.0. The standard InChI is InChI=1S/C21H34N4O2.HI/c1-4-22-21(25-17-8-10-19(26)11-9-17)23-14-16-6-5-7-18(13-16)24-20(27)12-15(2)3;/h5-7,13,15,17,19,26H,4,8-12,14H2,1-3H3,(H,24,27)(H2,22,23,25);1H. The number of hydrogen-bond donors (Lipinski definition) is 4. The highest BCUT2D eigenvalue weighted by Crippen LogP contribution is 2.18. The molecule has 1 aromatic carbocycles. The number of carbonyl (C=O) groups is 1. The van der Waals surface area contributed by atoms with Crippen LogP contribution in [-0.2, 0) is 11.3 Å². The fourth-order valence-electron chi connectivity index (χ4n) is 3.23. The van der Waals surface area contributed by atoms with Crippen molar-refractivity contribution < 1.29 is 9.90 Å². The number of amides is 1. The van der Waals surface area contributed by atoms with Gasteiger partial charge >= 0.3 is 0 Å². The third kappa shape index (κ3) is 9.23. The number of hydrogen-bond acceptors (Lipinski definition) is 3. The zero-order chi connectivity index (χ0) is 19.6. The molecule has 0 atom stereocenters. The number of benzene rings is 1. The molecule has 1 amide bonds. The number of guanidine groups is 1. The number of anilines is 1. The predicted octanol–water partition coefficient (Wildman–Crippen LogP) is 3.65. The van der Waals surface area contributed by atoms with Gasteiger partial charge in [0, 0.05) is 24.7 Å². The monoisotopic (exact) mass is 502 g/mol. The highest BCUT2D eigenvalue weighted by molar-refractivity contribution is 14.0. The summed E-state index contributed by atoms with van der Waals surface area (Å²) < 4.78 is 0. The molecule has 4 N–H and O–H groups in total. The Hall–Kier alpha value is -1.35. The van der Waals surface area contributed by atoms with Gasteiger partial charge < -0.3 is 21.1 Å². The van der Waals surface area contributed by atoms with Crippen molar-refractivity contribution in [3.63, 3.8) is 0 Å². The first-order valence-electron chi connectivity index (χ1n) is 10.1. The Kier molecular flexibility index (Phi) is 11.4. The first-order valence-corrected chi connectivity index (χ1v) is 10.1. The van der Waals surface area contributed by atoms with E-state index in [9.17, 15) is 9.90 Å². The van der Waals surface area contributed by atoms with Crippen LogP contribution in [0.3, 0.4) is 0 Å². The second-order valence-electron chi connectivity index (χ2n) is 7.69. The van der Waals surface area contributed by atoms with Crippen molar-refractivity contribution in [3.8, 4) is 0 Å². The Labute approximate surface area is 186 Å². The van der Waals surface area contributed by atoms with Gasteiger partial charge in [-0.05, 0) is 56.2 Å². The van der Waals surface area contributed by atoms with Gasteiger partial charge in [0.25, 0.3) is 0 Å². The topological polar surface area (TPSA) is 85.8 Å². The van der Waals surface area contributed by atoms with E-state index in [1.54, 1.807) is 0 Å². The highest BCUT2D eigenvalue weighted by Gasteiger charge is 2.19. The zero-order valence-electron chi connectivity index (χ0n) is 17.2. The van der Waals surface area contributed by atoms with Crippen LogP contribution in [0.5, 0.6) is 0 Å². The van der Waals surface area contributed by atoms with Crippen molar-refractivity contribution in [2.75, 3.05) is 11.9 Å². The van der Waals surface area contributed by atoms with Gasteiger partial charge in [-0.3, -0.25) is 4.79 Å². The van der Waals surface area contributed by atoms with Crippen LogP contribution in [0.2, 0.25) is 0 Å². The minimum atomic E-state index is -0.156. The largest absolute Gasteiger partial charge is 0.393 e. The number of carbonyl (C=O) groups excluding carboxylic acids is 1. The molecule has 0 unspecified atom stereocenters. The molecule has 0 aliphatic heterocycles. The highest BCUT2D eigenvalue weighted by atomic mass is 127. The molecule has 1 aliphatic rings. The average Bonchev–Trinajstić information content (AvgIpc) is 2.61. The van der Waals surface area contributed by atoms with Crippen molar-refractivity contribution >= 4 is 41.5 Å². The summed E-state index contributed by atoms with van der Waals surface area (Å²) in [5, 5.41) is 19.4. The van der Waals surface area contributed by atoms with Gasteiger partial charge in [-0.2, -0.15) is 0 Å². The van der Waals surface area contributed by atoms with Crippen molar-refractivity contribution in [2.24, 2.45) is 10.9 Å². The van der Waals surface area contributed by atoms with E-state index >= 15 is 0 Å².